The molecule has 1 heteroatoms. The molecule has 0 bridgehead atoms. The van der Waals surface area contributed by atoms with Crippen molar-refractivity contribution in [2.24, 2.45) is 5.92 Å². The minimum Gasteiger partial charge on any atom is -0.134 e. The van der Waals surface area contributed by atoms with E-state index in [1.54, 1.807) is 0 Å². The van der Waals surface area contributed by atoms with Crippen molar-refractivity contribution < 1.29 is 0 Å². The van der Waals surface area contributed by atoms with Gasteiger partial charge in [-0.2, -0.15) is 0 Å². The van der Waals surface area contributed by atoms with Crippen LogP contribution in [0.1, 0.15) is 13.3 Å². The molecule has 3 atom stereocenters. The van der Waals surface area contributed by atoms with Gasteiger partial charge in [-0.1, -0.05) is 6.92 Å². The van der Waals surface area contributed by atoms with Crippen molar-refractivity contribution in [3.63, 3.8) is 0 Å². The smallest absolute Gasteiger partial charge is 0.0236 e. The molecule has 0 aromatic carbocycles. The van der Waals surface area contributed by atoms with E-state index in [4.69, 9.17) is 0 Å². The first-order chi connectivity index (χ1) is 2.30. The van der Waals surface area contributed by atoms with Crippen molar-refractivity contribution in [2.75, 3.05) is 0 Å². The first kappa shape index (κ1) is 3.61. The van der Waals surface area contributed by atoms with Gasteiger partial charge in [0.2, 0.25) is 0 Å². The maximum Gasteiger partial charge on any atom is -0.0236 e. The van der Waals surface area contributed by atoms with E-state index in [0.29, 0.717) is 0 Å². The van der Waals surface area contributed by atoms with Crippen LogP contribution >= 0.6 is 9.24 Å². The summed E-state index contributed by atoms with van der Waals surface area (Å²) in [4.78, 5) is 0. The van der Waals surface area contributed by atoms with Gasteiger partial charge in [0.1, 0.15) is 0 Å². The molecule has 1 fully saturated rings. The monoisotopic (exact) mass is 88.0 g/mol. The Kier molecular flexibility index (Phi) is 0.682. The fourth-order valence-electron chi connectivity index (χ4n) is 0.351. The molecule has 30 valence electrons. The maximum absolute atomic E-state index is 2.81. The third kappa shape index (κ3) is 0.633. The summed E-state index contributed by atoms with van der Waals surface area (Å²) in [6, 6.07) is 0. The second-order valence-electron chi connectivity index (χ2n) is 1.88. The molecule has 0 spiro atoms. The van der Waals surface area contributed by atoms with Crippen molar-refractivity contribution in [2.45, 2.75) is 19.0 Å². The van der Waals surface area contributed by atoms with Crippen LogP contribution in [0.2, 0.25) is 0 Å². The standard InChI is InChI=1S/C4H9P/c1-3-2-4(3)5/h3-4H,2,5H2,1H3/t3-,4?/m1/s1. The summed E-state index contributed by atoms with van der Waals surface area (Å²) in [6.45, 7) is 2.28. The summed E-state index contributed by atoms with van der Waals surface area (Å²) < 4.78 is 0. The van der Waals surface area contributed by atoms with Crippen LogP contribution < -0.4 is 0 Å². The van der Waals surface area contributed by atoms with E-state index in [2.05, 4.69) is 16.2 Å². The average Bonchev–Trinajstić information content (AvgIpc) is 1.79. The highest BCUT2D eigenvalue weighted by Gasteiger charge is 2.26. The molecule has 0 aromatic rings. The Labute approximate surface area is 35.2 Å². The number of rotatable bonds is 0. The van der Waals surface area contributed by atoms with Gasteiger partial charge in [-0.3, -0.25) is 0 Å². The molecular weight excluding hydrogens is 79.0 g/mol. The highest BCUT2D eigenvalue weighted by molar-refractivity contribution is 7.18. The molecule has 2 unspecified atom stereocenters. The summed E-state index contributed by atoms with van der Waals surface area (Å²) in [5.74, 6) is 1.01. The van der Waals surface area contributed by atoms with Crippen LogP contribution in [0.25, 0.3) is 0 Å². The molecule has 0 aromatic heterocycles. The molecular formula is C4H9P. The zero-order chi connectivity index (χ0) is 3.86. The van der Waals surface area contributed by atoms with Crippen LogP contribution in [0.4, 0.5) is 0 Å². The van der Waals surface area contributed by atoms with Crippen molar-refractivity contribution in [1.82, 2.24) is 0 Å². The molecule has 0 N–H and O–H groups in total. The van der Waals surface area contributed by atoms with Crippen LogP contribution in [0.5, 0.6) is 0 Å². The van der Waals surface area contributed by atoms with Gasteiger partial charge in [-0.25, -0.2) is 0 Å². The number of hydrogen-bond donors (Lipinski definition) is 0. The summed E-state index contributed by atoms with van der Waals surface area (Å²) in [7, 11) is 2.81. The third-order valence-electron chi connectivity index (χ3n) is 1.17. The van der Waals surface area contributed by atoms with Gasteiger partial charge in [-0.05, 0) is 18.0 Å². The second kappa shape index (κ2) is 0.944. The fourth-order valence-corrected chi connectivity index (χ4v) is 0.780. The molecule has 1 aliphatic carbocycles. The van der Waals surface area contributed by atoms with E-state index < -0.39 is 0 Å². The molecule has 1 rings (SSSR count). The largest absolute Gasteiger partial charge is 0.134 e. The zero-order valence-electron chi connectivity index (χ0n) is 3.44. The lowest BCUT2D eigenvalue weighted by atomic mass is 10.5. The van der Waals surface area contributed by atoms with Crippen LogP contribution in [-0.4, -0.2) is 5.66 Å². The minimum absolute atomic E-state index is 0.968. The highest BCUT2D eigenvalue weighted by atomic mass is 31.0. The lowest BCUT2D eigenvalue weighted by molar-refractivity contribution is 0.988. The van der Waals surface area contributed by atoms with Gasteiger partial charge in [0.25, 0.3) is 0 Å². The van der Waals surface area contributed by atoms with Gasteiger partial charge in [0, 0.05) is 0 Å². The van der Waals surface area contributed by atoms with Gasteiger partial charge in [-0.15, -0.1) is 9.24 Å². The molecule has 0 radical (unpaired) electrons. The van der Waals surface area contributed by atoms with Gasteiger partial charge in [0.15, 0.2) is 0 Å². The van der Waals surface area contributed by atoms with Gasteiger partial charge >= 0.3 is 0 Å². The van der Waals surface area contributed by atoms with Crippen LogP contribution in [0.3, 0.4) is 0 Å². The van der Waals surface area contributed by atoms with Crippen LogP contribution in [0, 0.1) is 5.92 Å². The molecule has 0 nitrogen and oxygen atoms in total. The van der Waals surface area contributed by atoms with E-state index in [1.807, 2.05) is 0 Å². The first-order valence-electron chi connectivity index (χ1n) is 2.06. The SMILES string of the molecule is C[C@@H]1CC1P. The lowest BCUT2D eigenvalue weighted by Crippen LogP contribution is -1.59. The van der Waals surface area contributed by atoms with Crippen LogP contribution in [0.15, 0.2) is 0 Å². The molecule has 5 heavy (non-hydrogen) atoms. The molecule has 0 amide bonds. The Morgan fingerprint density at radius 1 is 1.80 bits per heavy atom. The zero-order valence-corrected chi connectivity index (χ0v) is 4.59. The second-order valence-corrected chi connectivity index (χ2v) is 2.73. The summed E-state index contributed by atoms with van der Waals surface area (Å²) in [6.07, 6.45) is 1.44. The van der Waals surface area contributed by atoms with Crippen molar-refractivity contribution in [3.05, 3.63) is 0 Å². The first-order valence-corrected chi connectivity index (χ1v) is 2.73. The van der Waals surface area contributed by atoms with E-state index in [0.717, 1.165) is 11.6 Å². The fraction of sp³-hybridized carbons (Fsp3) is 1.00. The van der Waals surface area contributed by atoms with Gasteiger partial charge < -0.3 is 0 Å². The van der Waals surface area contributed by atoms with E-state index >= 15 is 0 Å². The van der Waals surface area contributed by atoms with E-state index in [1.165, 1.54) is 6.42 Å². The van der Waals surface area contributed by atoms with Crippen molar-refractivity contribution in [3.8, 4) is 0 Å². The Balaban J connectivity index is 2.20. The Hall–Kier alpha value is 0.430. The van der Waals surface area contributed by atoms with Crippen molar-refractivity contribution in [1.29, 1.82) is 0 Å². The molecule has 0 heterocycles. The Bertz CT molecular complexity index is 36.9. The topological polar surface area (TPSA) is 0 Å². The summed E-state index contributed by atoms with van der Waals surface area (Å²) in [5.41, 5.74) is 0.968. The minimum atomic E-state index is 0.968. The lowest BCUT2D eigenvalue weighted by Gasteiger charge is -1.67. The summed E-state index contributed by atoms with van der Waals surface area (Å²) >= 11 is 0. The summed E-state index contributed by atoms with van der Waals surface area (Å²) in [5, 5.41) is 0. The predicted octanol–water partition coefficient (Wildman–Crippen LogP) is 1.27. The average molecular weight is 88.1 g/mol. The quantitative estimate of drug-likeness (QED) is 0.391. The van der Waals surface area contributed by atoms with Crippen molar-refractivity contribution >= 4 is 9.24 Å². The Morgan fingerprint density at radius 2 is 2.00 bits per heavy atom. The number of hydrogen-bond acceptors (Lipinski definition) is 0. The van der Waals surface area contributed by atoms with E-state index in [9.17, 15) is 0 Å². The van der Waals surface area contributed by atoms with E-state index in [-0.39, 0.29) is 0 Å². The predicted molar refractivity (Wildman–Crippen MR) is 27.3 cm³/mol. The molecule has 1 aliphatic rings. The maximum atomic E-state index is 2.81. The van der Waals surface area contributed by atoms with Gasteiger partial charge in [0.05, 0.1) is 0 Å². The third-order valence-corrected chi connectivity index (χ3v) is 2.10. The molecule has 1 saturated carbocycles. The normalized spacial score (nSPS) is 49.2. The van der Waals surface area contributed by atoms with Crippen LogP contribution in [-0.2, 0) is 0 Å². The highest BCUT2D eigenvalue weighted by Crippen LogP contribution is 2.36. The Morgan fingerprint density at radius 3 is 2.00 bits per heavy atom. The molecule has 0 saturated heterocycles. The molecule has 0 aliphatic heterocycles.